The molecule has 0 amide bonds. The van der Waals surface area contributed by atoms with Gasteiger partial charge < -0.3 is 24.7 Å². The fourth-order valence-electron chi connectivity index (χ4n) is 6.24. The largest absolute Gasteiger partial charge is 0.497 e. The lowest BCUT2D eigenvalue weighted by Gasteiger charge is -2.18. The molecule has 1 atom stereocenters. The molecule has 6 rings (SSSR count). The van der Waals surface area contributed by atoms with Crippen LogP contribution in [0.15, 0.2) is 97.1 Å². The summed E-state index contributed by atoms with van der Waals surface area (Å²) in [6, 6.07) is 24.9. The number of thiophene rings is 2. The molecule has 0 radical (unpaired) electrons. The summed E-state index contributed by atoms with van der Waals surface area (Å²) in [5.74, 6) is -2.67. The van der Waals surface area contributed by atoms with E-state index < -0.39 is 35.5 Å². The Balaban J connectivity index is 1.30. The maximum atomic E-state index is 14.0. The molecular weight excluding hydrogens is 773 g/mol. The van der Waals surface area contributed by atoms with E-state index in [1.165, 1.54) is 24.5 Å². The topological polar surface area (TPSA) is 131 Å². The van der Waals surface area contributed by atoms with Gasteiger partial charge in [0.1, 0.15) is 29.2 Å². The lowest BCUT2D eigenvalue weighted by molar-refractivity contribution is -0.147. The number of ether oxygens (including phenoxy) is 4. The van der Waals surface area contributed by atoms with E-state index in [1.807, 2.05) is 12.1 Å². The van der Waals surface area contributed by atoms with Crippen LogP contribution in [0.5, 0.6) is 11.5 Å². The van der Waals surface area contributed by atoms with Gasteiger partial charge in [-0.25, -0.2) is 8.78 Å². The van der Waals surface area contributed by atoms with Crippen molar-refractivity contribution >= 4 is 51.9 Å². The van der Waals surface area contributed by atoms with Crippen LogP contribution in [0.25, 0.3) is 20.9 Å². The molecule has 1 unspecified atom stereocenters. The molecule has 0 bridgehead atoms. The van der Waals surface area contributed by atoms with E-state index in [2.05, 4.69) is 0 Å². The molecule has 13 heteroatoms. The van der Waals surface area contributed by atoms with Crippen LogP contribution < -0.4 is 15.2 Å². The monoisotopic (exact) mass is 809 g/mol. The van der Waals surface area contributed by atoms with Crippen molar-refractivity contribution in [1.29, 1.82) is 0 Å². The van der Waals surface area contributed by atoms with Crippen molar-refractivity contribution in [3.8, 4) is 32.4 Å². The molecule has 2 heterocycles. The Hall–Kier alpha value is -6.18. The number of methoxy groups -OCH3 is 2. The number of hydrogen-bond acceptors (Lipinski definition) is 11. The van der Waals surface area contributed by atoms with Gasteiger partial charge in [0, 0.05) is 38.2 Å². The number of anilines is 1. The molecule has 57 heavy (non-hydrogen) atoms. The van der Waals surface area contributed by atoms with Crippen LogP contribution in [-0.4, -0.2) is 44.3 Å². The van der Waals surface area contributed by atoms with E-state index in [0.717, 1.165) is 29.0 Å². The minimum absolute atomic E-state index is 0.148. The van der Waals surface area contributed by atoms with Gasteiger partial charge in [-0.2, -0.15) is 0 Å². The number of benzene rings is 4. The standard InChI is InChI=1S/C44H37F2NO8S2/c1-5-54-39(48)21-29-19-38(42(51)28-15-31(45)23-32(46)16-28)57-44(29)27-11-14-36(53-4)35(18-27)24(2)55-40(49)22-30-20-37(41(50)26-7-6-8-33(47)17-26)56-43(30)25-9-12-34(52-3)13-10-25/h6-20,23-24H,5,21-22,47H2,1-4H3. The molecule has 2 N–H and O–H groups in total. The first-order valence-electron chi connectivity index (χ1n) is 17.7. The smallest absolute Gasteiger partial charge is 0.310 e. The summed E-state index contributed by atoms with van der Waals surface area (Å²) in [5.41, 5.74) is 9.55. The highest BCUT2D eigenvalue weighted by atomic mass is 32.1. The molecule has 9 nitrogen and oxygen atoms in total. The van der Waals surface area contributed by atoms with E-state index in [4.69, 9.17) is 24.7 Å². The number of carbonyl (C=O) groups is 4. The van der Waals surface area contributed by atoms with Crippen LogP contribution in [0, 0.1) is 11.6 Å². The van der Waals surface area contributed by atoms with Gasteiger partial charge in [-0.3, -0.25) is 19.2 Å². The molecule has 4 aromatic carbocycles. The summed E-state index contributed by atoms with van der Waals surface area (Å²) in [6.45, 7) is 3.51. The summed E-state index contributed by atoms with van der Waals surface area (Å²) in [6.07, 6.45) is -1.17. The van der Waals surface area contributed by atoms with Crippen LogP contribution in [0.4, 0.5) is 14.5 Å². The van der Waals surface area contributed by atoms with Crippen molar-refractivity contribution in [1.82, 2.24) is 0 Å². The van der Waals surface area contributed by atoms with Crippen LogP contribution in [0.3, 0.4) is 0 Å². The highest BCUT2D eigenvalue weighted by Gasteiger charge is 2.25. The van der Waals surface area contributed by atoms with Crippen LogP contribution in [0.2, 0.25) is 0 Å². The maximum Gasteiger partial charge on any atom is 0.310 e. The number of halogens is 2. The third kappa shape index (κ3) is 9.45. The van der Waals surface area contributed by atoms with Gasteiger partial charge in [-0.15, -0.1) is 22.7 Å². The van der Waals surface area contributed by atoms with Crippen LogP contribution >= 0.6 is 22.7 Å². The second kappa shape index (κ2) is 17.7. The van der Waals surface area contributed by atoms with Crippen molar-refractivity contribution in [2.24, 2.45) is 0 Å². The number of nitrogen functional groups attached to an aromatic ring is 1. The van der Waals surface area contributed by atoms with Crippen LogP contribution in [-0.2, 0) is 31.9 Å². The first-order chi connectivity index (χ1) is 27.4. The Morgan fingerprint density at radius 1 is 0.684 bits per heavy atom. The minimum atomic E-state index is -0.895. The van der Waals surface area contributed by atoms with Crippen molar-refractivity contribution < 1.29 is 46.9 Å². The number of nitrogens with two attached hydrogens (primary N) is 1. The molecule has 0 aliphatic rings. The van der Waals surface area contributed by atoms with Gasteiger partial charge in [0.05, 0.1) is 43.4 Å². The zero-order valence-electron chi connectivity index (χ0n) is 31.4. The number of ketones is 2. The molecule has 292 valence electrons. The molecular formula is C44H37F2NO8S2. The number of hydrogen-bond donors (Lipinski definition) is 1. The average molecular weight is 810 g/mol. The van der Waals surface area contributed by atoms with E-state index >= 15 is 0 Å². The predicted molar refractivity (Wildman–Crippen MR) is 215 cm³/mol. The van der Waals surface area contributed by atoms with Gasteiger partial charge in [0.25, 0.3) is 0 Å². The van der Waals surface area contributed by atoms with Crippen molar-refractivity contribution in [2.75, 3.05) is 26.6 Å². The quantitative estimate of drug-likeness (QED) is 0.0612. The Bertz CT molecular complexity index is 2450. The average Bonchev–Trinajstić information content (AvgIpc) is 3.81. The molecule has 2 aromatic heterocycles. The second-order valence-corrected chi connectivity index (χ2v) is 15.0. The van der Waals surface area contributed by atoms with Gasteiger partial charge in [0.15, 0.2) is 0 Å². The summed E-state index contributed by atoms with van der Waals surface area (Å²) < 4.78 is 50.2. The summed E-state index contributed by atoms with van der Waals surface area (Å²) in [7, 11) is 3.04. The third-order valence-corrected chi connectivity index (χ3v) is 11.4. The predicted octanol–water partition coefficient (Wildman–Crippen LogP) is 9.44. The Morgan fingerprint density at radius 3 is 1.88 bits per heavy atom. The third-order valence-electron chi connectivity index (χ3n) is 8.90. The van der Waals surface area contributed by atoms with Crippen molar-refractivity contribution in [2.45, 2.75) is 32.8 Å². The zero-order valence-corrected chi connectivity index (χ0v) is 33.0. The molecule has 0 saturated heterocycles. The lowest BCUT2D eigenvalue weighted by atomic mass is 10.0. The fraction of sp³-hybridized carbons (Fsp3) is 0.182. The zero-order chi connectivity index (χ0) is 40.8. The molecule has 6 aromatic rings. The maximum absolute atomic E-state index is 14.0. The number of carbonyl (C=O) groups excluding carboxylic acids is 4. The van der Waals surface area contributed by atoms with Gasteiger partial charge >= 0.3 is 11.9 Å². The molecule has 0 fully saturated rings. The molecule has 0 saturated carbocycles. The Labute approximate surface area is 335 Å². The molecule has 0 aliphatic carbocycles. The summed E-state index contributed by atoms with van der Waals surface area (Å²) in [5, 5.41) is 0. The van der Waals surface area contributed by atoms with Gasteiger partial charge in [-0.1, -0.05) is 12.1 Å². The number of esters is 2. The van der Waals surface area contributed by atoms with E-state index in [-0.39, 0.29) is 35.7 Å². The van der Waals surface area contributed by atoms with Crippen LogP contribution in [0.1, 0.15) is 67.1 Å². The highest BCUT2D eigenvalue weighted by molar-refractivity contribution is 7.18. The summed E-state index contributed by atoms with van der Waals surface area (Å²) in [4.78, 5) is 55.2. The summed E-state index contributed by atoms with van der Waals surface area (Å²) >= 11 is 2.31. The second-order valence-electron chi connectivity index (χ2n) is 12.8. The Morgan fingerprint density at radius 2 is 1.28 bits per heavy atom. The first kappa shape index (κ1) is 40.5. The normalized spacial score (nSPS) is 11.5. The van der Waals surface area contributed by atoms with Gasteiger partial charge in [0.2, 0.25) is 11.6 Å². The molecule has 0 aliphatic heterocycles. The lowest BCUT2D eigenvalue weighted by Crippen LogP contribution is -2.12. The molecule has 0 spiro atoms. The first-order valence-corrected chi connectivity index (χ1v) is 19.3. The number of rotatable bonds is 15. The minimum Gasteiger partial charge on any atom is -0.497 e. The van der Waals surface area contributed by atoms with E-state index in [9.17, 15) is 28.0 Å². The van der Waals surface area contributed by atoms with E-state index in [0.29, 0.717) is 65.7 Å². The fourth-order valence-corrected chi connectivity index (χ4v) is 8.53. The van der Waals surface area contributed by atoms with E-state index in [1.54, 1.807) is 81.6 Å². The SMILES string of the molecule is CCOC(=O)Cc1cc(C(=O)c2cc(F)cc(F)c2)sc1-c1ccc(OC)c(C(C)OC(=O)Cc2cc(C(=O)c3cccc(N)c3)sc2-c2ccc(OC)cc2)c1. The van der Waals surface area contributed by atoms with Crippen molar-refractivity contribution in [3.63, 3.8) is 0 Å². The Kier molecular flexibility index (Phi) is 12.6. The van der Waals surface area contributed by atoms with Crippen molar-refractivity contribution in [3.05, 3.63) is 146 Å². The van der Waals surface area contributed by atoms with Gasteiger partial charge in [-0.05, 0) is 115 Å². The highest BCUT2D eigenvalue weighted by Crippen LogP contribution is 2.40.